The van der Waals surface area contributed by atoms with E-state index in [2.05, 4.69) is 44.6 Å². The predicted octanol–water partition coefficient (Wildman–Crippen LogP) is 9.35. The monoisotopic (exact) mass is 962 g/mol. The average Bonchev–Trinajstić information content (AvgIpc) is 3.42. The van der Waals surface area contributed by atoms with Crippen LogP contribution in [0, 0.1) is 17.5 Å². The molecule has 0 amide bonds. The van der Waals surface area contributed by atoms with Crippen molar-refractivity contribution in [3.05, 3.63) is 161 Å². The standard InChI is InChI=1S/3C18H22FN3O.CH4/c3*1-18(13-23,14-5-7-16(19)8-6-14)15-11-20-17(21-12-15)22-9-3-2-4-10-22;/h3*5-8,11-12,23H,2-4,9-10,13H2,1H3;1H4/t2*18-;;/m10../s1. The van der Waals surface area contributed by atoms with Gasteiger partial charge in [0.2, 0.25) is 17.8 Å². The van der Waals surface area contributed by atoms with Gasteiger partial charge in [0.25, 0.3) is 0 Å². The highest BCUT2D eigenvalue weighted by molar-refractivity contribution is 5.42. The largest absolute Gasteiger partial charge is 0.395 e. The second-order valence-corrected chi connectivity index (χ2v) is 18.9. The first kappa shape index (κ1) is 53.3. The molecule has 0 radical (unpaired) electrons. The van der Waals surface area contributed by atoms with Crippen molar-refractivity contribution in [2.75, 3.05) is 73.8 Å². The van der Waals surface area contributed by atoms with E-state index in [4.69, 9.17) is 0 Å². The van der Waals surface area contributed by atoms with Gasteiger partial charge in [-0.2, -0.15) is 0 Å². The number of benzene rings is 3. The maximum Gasteiger partial charge on any atom is 0.225 e. The summed E-state index contributed by atoms with van der Waals surface area (Å²) in [5.74, 6) is 1.37. The normalized spacial score (nSPS) is 17.5. The van der Waals surface area contributed by atoms with Gasteiger partial charge in [-0.3, -0.25) is 0 Å². The van der Waals surface area contributed by atoms with Gasteiger partial charge in [0, 0.05) is 109 Å². The summed E-state index contributed by atoms with van der Waals surface area (Å²) in [5, 5.41) is 29.8. The summed E-state index contributed by atoms with van der Waals surface area (Å²) in [4.78, 5) is 33.5. The van der Waals surface area contributed by atoms with Crippen LogP contribution in [0.4, 0.5) is 31.0 Å². The Morgan fingerprint density at radius 2 is 0.557 bits per heavy atom. The Hall–Kier alpha value is -6.03. The summed E-state index contributed by atoms with van der Waals surface area (Å²) in [7, 11) is 0. The highest BCUT2D eigenvalue weighted by Gasteiger charge is 2.32. The Morgan fingerprint density at radius 3 is 0.743 bits per heavy atom. The molecule has 1 unspecified atom stereocenters. The van der Waals surface area contributed by atoms with Crippen LogP contribution in [0.1, 0.15) is 119 Å². The van der Waals surface area contributed by atoms with E-state index in [0.717, 1.165) is 90.5 Å². The zero-order valence-corrected chi connectivity index (χ0v) is 40.1. The number of nitrogens with zero attached hydrogens (tertiary/aromatic N) is 9. The molecule has 3 saturated heterocycles. The molecule has 3 fully saturated rings. The lowest BCUT2D eigenvalue weighted by Gasteiger charge is -2.30. The SMILES string of the molecule is C.CC(CO)(c1ccc(F)cc1)c1cnc(N2CCCCC2)nc1.C[C@@](CO)(c1ccc(F)cc1)c1cnc(N2CCCCC2)nc1.C[C@](CO)(c1ccc(F)cc1)c1cnc(N2CCCCC2)nc1. The van der Waals surface area contributed by atoms with Crippen molar-refractivity contribution in [3.63, 3.8) is 0 Å². The van der Waals surface area contributed by atoms with Crippen molar-refractivity contribution in [1.29, 1.82) is 0 Å². The number of rotatable bonds is 12. The number of aromatic nitrogens is 6. The fraction of sp³-hybridized carbons (Fsp3) is 0.455. The van der Waals surface area contributed by atoms with Crippen LogP contribution >= 0.6 is 0 Å². The smallest absolute Gasteiger partial charge is 0.225 e. The molecule has 70 heavy (non-hydrogen) atoms. The van der Waals surface area contributed by atoms with Crippen molar-refractivity contribution in [2.45, 2.75) is 102 Å². The molecule has 3 aromatic carbocycles. The highest BCUT2D eigenvalue weighted by atomic mass is 19.1. The molecular weight excluding hydrogens is 892 g/mol. The third kappa shape index (κ3) is 12.6. The third-order valence-electron chi connectivity index (χ3n) is 14.1. The molecule has 6 aromatic rings. The first-order valence-corrected chi connectivity index (χ1v) is 24.2. The molecule has 9 rings (SSSR count). The minimum Gasteiger partial charge on any atom is -0.395 e. The van der Waals surface area contributed by atoms with Crippen molar-refractivity contribution >= 4 is 17.8 Å². The number of anilines is 3. The van der Waals surface area contributed by atoms with Crippen molar-refractivity contribution in [1.82, 2.24) is 29.9 Å². The molecule has 0 spiro atoms. The summed E-state index contributed by atoms with van der Waals surface area (Å²) >= 11 is 0. The number of aliphatic hydroxyl groups is 3. The fourth-order valence-electron chi connectivity index (χ4n) is 9.09. The quantitative estimate of drug-likeness (QED) is 0.107. The van der Waals surface area contributed by atoms with Crippen LogP contribution in [0.2, 0.25) is 0 Å². The molecule has 3 aliphatic rings. The maximum atomic E-state index is 13.1. The van der Waals surface area contributed by atoms with E-state index < -0.39 is 16.2 Å². The Labute approximate surface area is 411 Å². The number of halogens is 3. The van der Waals surface area contributed by atoms with Gasteiger partial charge in [-0.15, -0.1) is 0 Å². The second kappa shape index (κ2) is 24.7. The molecule has 3 aromatic heterocycles. The molecule has 3 N–H and O–H groups in total. The molecule has 3 aliphatic heterocycles. The Kier molecular flexibility index (Phi) is 18.8. The first-order valence-electron chi connectivity index (χ1n) is 24.2. The Balaban J connectivity index is 0.000000171. The predicted molar refractivity (Wildman–Crippen MR) is 271 cm³/mol. The second-order valence-electron chi connectivity index (χ2n) is 18.9. The molecule has 6 heterocycles. The van der Waals surface area contributed by atoms with Gasteiger partial charge in [0.1, 0.15) is 17.5 Å². The van der Waals surface area contributed by atoms with Crippen LogP contribution < -0.4 is 14.7 Å². The van der Waals surface area contributed by atoms with E-state index in [1.165, 1.54) is 94.2 Å². The minimum absolute atomic E-state index is 0. The van der Waals surface area contributed by atoms with Crippen LogP contribution in [0.25, 0.3) is 0 Å². The van der Waals surface area contributed by atoms with Gasteiger partial charge >= 0.3 is 0 Å². The zero-order chi connectivity index (χ0) is 48.9. The average molecular weight is 962 g/mol. The maximum absolute atomic E-state index is 13.1. The summed E-state index contributed by atoms with van der Waals surface area (Å²) in [6, 6.07) is 18.6. The van der Waals surface area contributed by atoms with Crippen molar-refractivity contribution in [2.24, 2.45) is 0 Å². The number of aliphatic hydroxyl groups excluding tert-OH is 3. The van der Waals surface area contributed by atoms with Crippen LogP contribution in [0.15, 0.2) is 110 Å². The van der Waals surface area contributed by atoms with Gasteiger partial charge in [0.15, 0.2) is 0 Å². The Morgan fingerprint density at radius 1 is 0.357 bits per heavy atom. The number of hydrogen-bond acceptors (Lipinski definition) is 12. The van der Waals surface area contributed by atoms with Gasteiger partial charge in [0.05, 0.1) is 19.8 Å². The molecule has 0 bridgehead atoms. The first-order chi connectivity index (χ1) is 33.4. The van der Waals surface area contributed by atoms with Crippen LogP contribution in [-0.4, -0.2) is 104 Å². The topological polar surface area (TPSA) is 148 Å². The lowest BCUT2D eigenvalue weighted by molar-refractivity contribution is 0.230. The molecule has 3 atom stereocenters. The van der Waals surface area contributed by atoms with Gasteiger partial charge in [-0.05, 0) is 132 Å². The van der Waals surface area contributed by atoms with Gasteiger partial charge in [-0.25, -0.2) is 43.1 Å². The summed E-state index contributed by atoms with van der Waals surface area (Å²) < 4.78 is 39.4. The fourth-order valence-corrected chi connectivity index (χ4v) is 9.09. The summed E-state index contributed by atoms with van der Waals surface area (Å²) in [6.45, 7) is 11.4. The molecule has 374 valence electrons. The lowest BCUT2D eigenvalue weighted by Crippen LogP contribution is -2.32. The molecule has 0 aliphatic carbocycles. The molecule has 15 heteroatoms. The highest BCUT2D eigenvalue weighted by Crippen LogP contribution is 2.34. The Bertz CT molecular complexity index is 2190. The number of piperidine rings is 3. The van der Waals surface area contributed by atoms with Crippen LogP contribution in [-0.2, 0) is 16.2 Å². The van der Waals surface area contributed by atoms with Crippen molar-refractivity contribution in [3.8, 4) is 0 Å². The summed E-state index contributed by atoms with van der Waals surface area (Å²) in [5.41, 5.74) is 3.07. The van der Waals surface area contributed by atoms with Crippen molar-refractivity contribution < 1.29 is 28.5 Å². The van der Waals surface area contributed by atoms with E-state index in [-0.39, 0.29) is 44.7 Å². The van der Waals surface area contributed by atoms with E-state index in [1.807, 2.05) is 20.8 Å². The van der Waals surface area contributed by atoms with E-state index >= 15 is 0 Å². The minimum atomic E-state index is -0.645. The van der Waals surface area contributed by atoms with Crippen LogP contribution in [0.3, 0.4) is 0 Å². The molecule has 0 saturated carbocycles. The van der Waals surface area contributed by atoms with Gasteiger partial charge < -0.3 is 30.0 Å². The molecular formula is C55H70F3N9O3. The van der Waals surface area contributed by atoms with E-state index in [0.29, 0.717) is 0 Å². The van der Waals surface area contributed by atoms with Crippen LogP contribution in [0.5, 0.6) is 0 Å². The van der Waals surface area contributed by atoms with E-state index in [9.17, 15) is 28.5 Å². The zero-order valence-electron chi connectivity index (χ0n) is 40.1. The van der Waals surface area contributed by atoms with E-state index in [1.54, 1.807) is 73.6 Å². The summed E-state index contributed by atoms with van der Waals surface area (Å²) in [6.07, 6.45) is 21.5. The molecule has 12 nitrogen and oxygen atoms in total. The number of hydrogen-bond donors (Lipinski definition) is 3. The van der Waals surface area contributed by atoms with Gasteiger partial charge in [-0.1, -0.05) is 43.8 Å². The third-order valence-corrected chi connectivity index (χ3v) is 14.1. The lowest BCUT2D eigenvalue weighted by atomic mass is 9.78.